The van der Waals surface area contributed by atoms with Gasteiger partial charge in [-0.3, -0.25) is 4.98 Å². The summed E-state index contributed by atoms with van der Waals surface area (Å²) >= 11 is 1.64. The maximum atomic E-state index is 5.71. The van der Waals surface area contributed by atoms with Gasteiger partial charge >= 0.3 is 0 Å². The van der Waals surface area contributed by atoms with Gasteiger partial charge in [-0.05, 0) is 12.1 Å². The molecule has 0 aliphatic carbocycles. The molecule has 4 rings (SSSR count). The van der Waals surface area contributed by atoms with E-state index in [1.165, 1.54) is 0 Å². The van der Waals surface area contributed by atoms with E-state index in [1.807, 2.05) is 30.3 Å². The Hall–Kier alpha value is -2.21. The van der Waals surface area contributed by atoms with E-state index in [0.717, 1.165) is 45.6 Å². The van der Waals surface area contributed by atoms with Crippen molar-refractivity contribution in [2.24, 2.45) is 0 Å². The molecular formula is C16H15N3O2S. The summed E-state index contributed by atoms with van der Waals surface area (Å²) in [7, 11) is 0. The first-order chi connectivity index (χ1) is 10.9. The SMILES string of the molecule is c1ccc(CSc2nc3cc4c(cc3[nH]2)OCCCO4)nc1. The summed E-state index contributed by atoms with van der Waals surface area (Å²) < 4.78 is 11.4. The van der Waals surface area contributed by atoms with E-state index in [-0.39, 0.29) is 0 Å². The van der Waals surface area contributed by atoms with E-state index in [2.05, 4.69) is 15.0 Å². The second-order valence-electron chi connectivity index (χ2n) is 5.02. The van der Waals surface area contributed by atoms with E-state index in [0.29, 0.717) is 13.2 Å². The summed E-state index contributed by atoms with van der Waals surface area (Å²) in [5.41, 5.74) is 2.90. The molecule has 0 radical (unpaired) electrons. The maximum Gasteiger partial charge on any atom is 0.166 e. The van der Waals surface area contributed by atoms with Crippen LogP contribution in [0.2, 0.25) is 0 Å². The fourth-order valence-electron chi connectivity index (χ4n) is 2.34. The van der Waals surface area contributed by atoms with Crippen molar-refractivity contribution in [3.63, 3.8) is 0 Å². The molecule has 0 atom stereocenters. The number of benzene rings is 1. The molecule has 2 aromatic heterocycles. The molecular weight excluding hydrogens is 298 g/mol. The largest absolute Gasteiger partial charge is 0.489 e. The second kappa shape index (κ2) is 5.88. The van der Waals surface area contributed by atoms with Crippen molar-refractivity contribution in [2.75, 3.05) is 13.2 Å². The van der Waals surface area contributed by atoms with Crippen LogP contribution >= 0.6 is 11.8 Å². The predicted molar refractivity (Wildman–Crippen MR) is 85.5 cm³/mol. The number of aromatic amines is 1. The van der Waals surface area contributed by atoms with E-state index >= 15 is 0 Å². The topological polar surface area (TPSA) is 60.0 Å². The van der Waals surface area contributed by atoms with Crippen molar-refractivity contribution < 1.29 is 9.47 Å². The van der Waals surface area contributed by atoms with Crippen LogP contribution in [0.5, 0.6) is 11.5 Å². The van der Waals surface area contributed by atoms with Gasteiger partial charge in [0.05, 0.1) is 29.9 Å². The highest BCUT2D eigenvalue weighted by Crippen LogP contribution is 2.34. The van der Waals surface area contributed by atoms with Crippen LogP contribution in [0.4, 0.5) is 0 Å². The summed E-state index contributed by atoms with van der Waals surface area (Å²) in [6, 6.07) is 9.83. The molecule has 0 spiro atoms. The lowest BCUT2D eigenvalue weighted by Crippen LogP contribution is -1.97. The van der Waals surface area contributed by atoms with Crippen molar-refractivity contribution in [1.29, 1.82) is 0 Å². The molecule has 6 heteroatoms. The average molecular weight is 313 g/mol. The van der Waals surface area contributed by atoms with Crippen molar-refractivity contribution in [2.45, 2.75) is 17.3 Å². The second-order valence-corrected chi connectivity index (χ2v) is 5.98. The first-order valence-electron chi connectivity index (χ1n) is 7.20. The molecule has 5 nitrogen and oxygen atoms in total. The van der Waals surface area contributed by atoms with E-state index < -0.39 is 0 Å². The van der Waals surface area contributed by atoms with Crippen LogP contribution in [-0.2, 0) is 5.75 Å². The summed E-state index contributed by atoms with van der Waals surface area (Å²) in [6.45, 7) is 1.37. The third-order valence-electron chi connectivity index (χ3n) is 3.41. The highest BCUT2D eigenvalue weighted by molar-refractivity contribution is 7.98. The Kier molecular flexibility index (Phi) is 3.60. The van der Waals surface area contributed by atoms with Crippen LogP contribution in [0, 0.1) is 0 Å². The van der Waals surface area contributed by atoms with Gasteiger partial charge in [0.15, 0.2) is 16.7 Å². The molecule has 0 bridgehead atoms. The van der Waals surface area contributed by atoms with Crippen LogP contribution < -0.4 is 9.47 Å². The van der Waals surface area contributed by atoms with Gasteiger partial charge < -0.3 is 14.5 Å². The third kappa shape index (κ3) is 2.74. The van der Waals surface area contributed by atoms with Gasteiger partial charge in [-0.2, -0.15) is 0 Å². The molecule has 0 unspecified atom stereocenters. The zero-order chi connectivity index (χ0) is 14.8. The minimum absolute atomic E-state index is 0.685. The number of fused-ring (bicyclic) bond motifs is 2. The lowest BCUT2D eigenvalue weighted by Gasteiger charge is -2.05. The fourth-order valence-corrected chi connectivity index (χ4v) is 3.14. The van der Waals surface area contributed by atoms with Gasteiger partial charge in [-0.25, -0.2) is 4.98 Å². The predicted octanol–water partition coefficient (Wildman–Crippen LogP) is 3.41. The number of aromatic nitrogens is 3. The Balaban J connectivity index is 1.58. The zero-order valence-electron chi connectivity index (χ0n) is 11.9. The van der Waals surface area contributed by atoms with Gasteiger partial charge in [0.1, 0.15) is 0 Å². The van der Waals surface area contributed by atoms with Crippen LogP contribution in [0.3, 0.4) is 0 Å². The normalized spacial score (nSPS) is 14.0. The first-order valence-corrected chi connectivity index (χ1v) is 8.19. The zero-order valence-corrected chi connectivity index (χ0v) is 12.7. The monoisotopic (exact) mass is 313 g/mol. The van der Waals surface area contributed by atoms with Crippen molar-refractivity contribution >= 4 is 22.8 Å². The number of ether oxygens (including phenoxy) is 2. The Labute approximate surface area is 132 Å². The molecule has 3 aromatic rings. The van der Waals surface area contributed by atoms with Gasteiger partial charge in [0.2, 0.25) is 0 Å². The fraction of sp³-hybridized carbons (Fsp3) is 0.250. The van der Waals surface area contributed by atoms with Gasteiger partial charge in [-0.1, -0.05) is 17.8 Å². The molecule has 0 fully saturated rings. The minimum atomic E-state index is 0.685. The molecule has 0 saturated heterocycles. The van der Waals surface area contributed by atoms with Gasteiger partial charge in [0, 0.05) is 30.5 Å². The van der Waals surface area contributed by atoms with Gasteiger partial charge in [0.25, 0.3) is 0 Å². The number of hydrogen-bond acceptors (Lipinski definition) is 5. The lowest BCUT2D eigenvalue weighted by molar-refractivity contribution is 0.297. The quantitative estimate of drug-likeness (QED) is 0.751. The number of thioether (sulfide) groups is 1. The van der Waals surface area contributed by atoms with E-state index in [4.69, 9.17) is 9.47 Å². The molecule has 0 saturated carbocycles. The molecule has 1 N–H and O–H groups in total. The standard InChI is InChI=1S/C16H15N3O2S/c1-2-5-17-11(4-1)10-22-16-18-12-8-14-15(9-13(12)19-16)21-7-3-6-20-14/h1-2,4-5,8-9H,3,6-7,10H2,(H,18,19). The Morgan fingerprint density at radius 1 is 1.14 bits per heavy atom. The number of imidazole rings is 1. The average Bonchev–Trinajstić information content (AvgIpc) is 2.80. The number of nitrogens with one attached hydrogen (secondary N) is 1. The number of rotatable bonds is 3. The molecule has 112 valence electrons. The Bertz CT molecular complexity index is 746. The van der Waals surface area contributed by atoms with Crippen molar-refractivity contribution in [3.8, 4) is 11.5 Å². The maximum absolute atomic E-state index is 5.71. The van der Waals surface area contributed by atoms with Gasteiger partial charge in [-0.15, -0.1) is 0 Å². The highest BCUT2D eigenvalue weighted by Gasteiger charge is 2.14. The highest BCUT2D eigenvalue weighted by atomic mass is 32.2. The van der Waals surface area contributed by atoms with Crippen LogP contribution in [0.1, 0.15) is 12.1 Å². The number of H-pyrrole nitrogens is 1. The van der Waals surface area contributed by atoms with E-state index in [1.54, 1.807) is 18.0 Å². The Morgan fingerprint density at radius 2 is 2.00 bits per heavy atom. The first kappa shape index (κ1) is 13.5. The summed E-state index contributed by atoms with van der Waals surface area (Å²) in [5, 5.41) is 0.876. The van der Waals surface area contributed by atoms with Crippen molar-refractivity contribution in [1.82, 2.24) is 15.0 Å². The molecule has 1 aromatic carbocycles. The smallest absolute Gasteiger partial charge is 0.166 e. The van der Waals surface area contributed by atoms with Crippen LogP contribution in [0.25, 0.3) is 11.0 Å². The summed E-state index contributed by atoms with van der Waals surface area (Å²) in [6.07, 6.45) is 2.71. The molecule has 1 aliphatic heterocycles. The minimum Gasteiger partial charge on any atom is -0.489 e. The lowest BCUT2D eigenvalue weighted by atomic mass is 10.3. The molecule has 1 aliphatic rings. The van der Waals surface area contributed by atoms with E-state index in [9.17, 15) is 0 Å². The number of nitrogens with zero attached hydrogens (tertiary/aromatic N) is 2. The molecule has 3 heterocycles. The molecule has 22 heavy (non-hydrogen) atoms. The van der Waals surface area contributed by atoms with Crippen molar-refractivity contribution in [3.05, 3.63) is 42.2 Å². The molecule has 0 amide bonds. The third-order valence-corrected chi connectivity index (χ3v) is 4.32. The number of hydrogen-bond donors (Lipinski definition) is 1. The number of pyridine rings is 1. The Morgan fingerprint density at radius 3 is 2.82 bits per heavy atom. The summed E-state index contributed by atoms with van der Waals surface area (Å²) in [5.74, 6) is 2.35. The van der Waals surface area contributed by atoms with Crippen LogP contribution in [0.15, 0.2) is 41.7 Å². The summed E-state index contributed by atoms with van der Waals surface area (Å²) in [4.78, 5) is 12.3. The van der Waals surface area contributed by atoms with Crippen LogP contribution in [-0.4, -0.2) is 28.2 Å².